The first-order chi connectivity index (χ1) is 12.5. The van der Waals surface area contributed by atoms with Gasteiger partial charge in [0.15, 0.2) is 0 Å². The van der Waals surface area contributed by atoms with Crippen molar-refractivity contribution in [3.05, 3.63) is 30.1 Å². The van der Waals surface area contributed by atoms with Gasteiger partial charge in [-0.3, -0.25) is 9.80 Å². The van der Waals surface area contributed by atoms with Crippen molar-refractivity contribution in [3.63, 3.8) is 0 Å². The topological polar surface area (TPSA) is 45.2 Å². The molecule has 2 heterocycles. The number of morpholine rings is 1. The fraction of sp³-hybridized carbons (Fsp3) is 0.700. The molecule has 2 aliphatic heterocycles. The van der Waals surface area contributed by atoms with Crippen molar-refractivity contribution in [2.75, 3.05) is 39.3 Å². The van der Waals surface area contributed by atoms with Crippen molar-refractivity contribution >= 4 is 0 Å². The van der Waals surface area contributed by atoms with E-state index >= 15 is 0 Å². The lowest BCUT2D eigenvalue weighted by molar-refractivity contribution is -0.0731. The standard InChI is InChI=1S/C20H31FN2O3/c1-15-10-22(11-16(2)26-15)12-18-4-3-9-23(18)13-19(24)14-25-20-7-5-17(21)6-8-20/h5-8,15-16,18-19,24H,3-4,9-14H2,1-2H3/t15-,16-,18+,19+/m1/s1. The minimum atomic E-state index is -0.553. The molecular formula is C20H31FN2O3. The quantitative estimate of drug-likeness (QED) is 0.801. The second-order valence-corrected chi connectivity index (χ2v) is 7.69. The summed E-state index contributed by atoms with van der Waals surface area (Å²) in [6, 6.07) is 6.38. The van der Waals surface area contributed by atoms with Gasteiger partial charge < -0.3 is 14.6 Å². The Labute approximate surface area is 155 Å². The summed E-state index contributed by atoms with van der Waals surface area (Å²) in [6.45, 7) is 9.10. The zero-order valence-corrected chi connectivity index (χ0v) is 15.8. The number of benzene rings is 1. The van der Waals surface area contributed by atoms with E-state index < -0.39 is 6.10 Å². The van der Waals surface area contributed by atoms with Gasteiger partial charge in [0.2, 0.25) is 0 Å². The first-order valence-corrected chi connectivity index (χ1v) is 9.68. The maximum Gasteiger partial charge on any atom is 0.123 e. The number of likely N-dealkylation sites (tertiary alicyclic amines) is 1. The monoisotopic (exact) mass is 366 g/mol. The fourth-order valence-electron chi connectivity index (χ4n) is 4.12. The lowest BCUT2D eigenvalue weighted by atomic mass is 10.1. The van der Waals surface area contributed by atoms with Crippen LogP contribution in [0, 0.1) is 5.82 Å². The zero-order chi connectivity index (χ0) is 18.5. The van der Waals surface area contributed by atoms with Crippen LogP contribution in [0.5, 0.6) is 5.75 Å². The predicted molar refractivity (Wildman–Crippen MR) is 98.9 cm³/mol. The summed E-state index contributed by atoms with van der Waals surface area (Å²) in [4.78, 5) is 4.87. The number of ether oxygens (including phenoxy) is 2. The Kier molecular flexibility index (Phi) is 6.86. The van der Waals surface area contributed by atoms with Crippen LogP contribution < -0.4 is 4.74 Å². The second kappa shape index (κ2) is 9.13. The molecule has 3 rings (SSSR count). The third kappa shape index (κ3) is 5.64. The smallest absolute Gasteiger partial charge is 0.123 e. The Morgan fingerprint density at radius 3 is 2.62 bits per heavy atom. The van der Waals surface area contributed by atoms with Gasteiger partial charge in [0.05, 0.1) is 12.2 Å². The van der Waals surface area contributed by atoms with Gasteiger partial charge in [0.25, 0.3) is 0 Å². The molecule has 0 spiro atoms. The van der Waals surface area contributed by atoms with Gasteiger partial charge in [0.1, 0.15) is 24.3 Å². The van der Waals surface area contributed by atoms with Crippen LogP contribution >= 0.6 is 0 Å². The molecule has 26 heavy (non-hydrogen) atoms. The molecule has 5 nitrogen and oxygen atoms in total. The highest BCUT2D eigenvalue weighted by Gasteiger charge is 2.30. The highest BCUT2D eigenvalue weighted by Crippen LogP contribution is 2.21. The molecule has 0 aromatic heterocycles. The lowest BCUT2D eigenvalue weighted by Gasteiger charge is -2.38. The van der Waals surface area contributed by atoms with Gasteiger partial charge >= 0.3 is 0 Å². The number of aliphatic hydroxyl groups is 1. The lowest BCUT2D eigenvalue weighted by Crippen LogP contribution is -2.51. The van der Waals surface area contributed by atoms with Crippen molar-refractivity contribution in [3.8, 4) is 5.75 Å². The predicted octanol–water partition coefficient (Wildman–Crippen LogP) is 2.14. The molecule has 6 heteroatoms. The molecule has 0 amide bonds. The normalized spacial score (nSPS) is 29.0. The van der Waals surface area contributed by atoms with Crippen LogP contribution in [-0.4, -0.2) is 78.6 Å². The summed E-state index contributed by atoms with van der Waals surface area (Å²) in [7, 11) is 0. The third-order valence-corrected chi connectivity index (χ3v) is 5.16. The molecule has 146 valence electrons. The highest BCUT2D eigenvalue weighted by molar-refractivity contribution is 5.22. The maximum atomic E-state index is 12.9. The molecule has 0 unspecified atom stereocenters. The first kappa shape index (κ1) is 19.5. The van der Waals surface area contributed by atoms with Crippen LogP contribution in [0.4, 0.5) is 4.39 Å². The number of β-amino-alcohol motifs (C(OH)–C–C–N with tert-alkyl or cyclic N) is 1. The van der Waals surface area contributed by atoms with Crippen LogP contribution in [0.1, 0.15) is 26.7 Å². The van der Waals surface area contributed by atoms with E-state index in [2.05, 4.69) is 23.6 Å². The fourth-order valence-corrected chi connectivity index (χ4v) is 4.12. The van der Waals surface area contributed by atoms with E-state index in [1.54, 1.807) is 12.1 Å². The van der Waals surface area contributed by atoms with E-state index in [9.17, 15) is 9.50 Å². The van der Waals surface area contributed by atoms with Gasteiger partial charge in [0, 0.05) is 32.2 Å². The third-order valence-electron chi connectivity index (χ3n) is 5.16. The zero-order valence-electron chi connectivity index (χ0n) is 15.8. The SMILES string of the molecule is C[C@@H]1CN(C[C@@H]2CCCN2C[C@H](O)COc2ccc(F)cc2)C[C@@H](C)O1. The molecule has 0 saturated carbocycles. The van der Waals surface area contributed by atoms with Crippen LogP contribution in [0.3, 0.4) is 0 Å². The molecule has 0 aliphatic carbocycles. The molecule has 1 aromatic rings. The van der Waals surface area contributed by atoms with Gasteiger partial charge in [-0.05, 0) is 57.5 Å². The molecule has 2 saturated heterocycles. The van der Waals surface area contributed by atoms with E-state index in [0.717, 1.165) is 26.2 Å². The van der Waals surface area contributed by atoms with Crippen molar-refractivity contribution < 1.29 is 19.0 Å². The Bertz CT molecular complexity index is 546. The number of aliphatic hydroxyl groups excluding tert-OH is 1. The summed E-state index contributed by atoms with van der Waals surface area (Å²) in [6.07, 6.45) is 2.35. The molecule has 1 aromatic carbocycles. The summed E-state index contributed by atoms with van der Waals surface area (Å²) in [5.74, 6) is 0.296. The molecular weight excluding hydrogens is 335 g/mol. The number of halogens is 1. The number of hydrogen-bond donors (Lipinski definition) is 1. The molecule has 0 radical (unpaired) electrons. The number of rotatable bonds is 7. The average molecular weight is 366 g/mol. The van der Waals surface area contributed by atoms with Gasteiger partial charge in [-0.25, -0.2) is 4.39 Å². The Hall–Kier alpha value is -1.21. The summed E-state index contributed by atoms with van der Waals surface area (Å²) in [5.41, 5.74) is 0. The second-order valence-electron chi connectivity index (χ2n) is 7.69. The highest BCUT2D eigenvalue weighted by atomic mass is 19.1. The van der Waals surface area contributed by atoms with E-state index in [4.69, 9.17) is 9.47 Å². The number of hydrogen-bond acceptors (Lipinski definition) is 5. The molecule has 1 N–H and O–H groups in total. The average Bonchev–Trinajstić information content (AvgIpc) is 3.00. The minimum Gasteiger partial charge on any atom is -0.491 e. The van der Waals surface area contributed by atoms with E-state index in [0.29, 0.717) is 18.3 Å². The van der Waals surface area contributed by atoms with Crippen LogP contribution in [0.2, 0.25) is 0 Å². The summed E-state index contributed by atoms with van der Waals surface area (Å²) in [5, 5.41) is 10.4. The summed E-state index contributed by atoms with van der Waals surface area (Å²) >= 11 is 0. The first-order valence-electron chi connectivity index (χ1n) is 9.68. The number of nitrogens with zero attached hydrogens (tertiary/aromatic N) is 2. The van der Waals surface area contributed by atoms with Crippen molar-refractivity contribution in [2.45, 2.75) is 51.0 Å². The van der Waals surface area contributed by atoms with E-state index in [1.165, 1.54) is 25.0 Å². The molecule has 4 atom stereocenters. The van der Waals surface area contributed by atoms with E-state index in [-0.39, 0.29) is 24.6 Å². The van der Waals surface area contributed by atoms with E-state index in [1.807, 2.05) is 0 Å². The largest absolute Gasteiger partial charge is 0.491 e. The van der Waals surface area contributed by atoms with Crippen molar-refractivity contribution in [1.29, 1.82) is 0 Å². The summed E-state index contributed by atoms with van der Waals surface area (Å²) < 4.78 is 24.3. The Morgan fingerprint density at radius 2 is 1.92 bits per heavy atom. The van der Waals surface area contributed by atoms with Crippen LogP contribution in [0.25, 0.3) is 0 Å². The van der Waals surface area contributed by atoms with Crippen molar-refractivity contribution in [2.24, 2.45) is 0 Å². The Morgan fingerprint density at radius 1 is 1.23 bits per heavy atom. The maximum absolute atomic E-state index is 12.9. The minimum absolute atomic E-state index is 0.223. The van der Waals surface area contributed by atoms with Crippen LogP contribution in [0.15, 0.2) is 24.3 Å². The van der Waals surface area contributed by atoms with Crippen molar-refractivity contribution in [1.82, 2.24) is 9.80 Å². The van der Waals surface area contributed by atoms with Gasteiger partial charge in [-0.1, -0.05) is 0 Å². The molecule has 2 fully saturated rings. The van der Waals surface area contributed by atoms with Gasteiger partial charge in [-0.15, -0.1) is 0 Å². The van der Waals surface area contributed by atoms with Crippen LogP contribution in [-0.2, 0) is 4.74 Å². The Balaban J connectivity index is 1.44. The van der Waals surface area contributed by atoms with Gasteiger partial charge in [-0.2, -0.15) is 0 Å². The molecule has 0 bridgehead atoms. The molecule has 2 aliphatic rings.